The van der Waals surface area contributed by atoms with Crippen molar-refractivity contribution in [2.45, 2.75) is 30.5 Å². The summed E-state index contributed by atoms with van der Waals surface area (Å²) in [6.07, 6.45) is 9.43. The Kier molecular flexibility index (Phi) is 2.03. The Morgan fingerprint density at radius 3 is 2.75 bits per heavy atom. The maximum absolute atomic E-state index is 4.33. The summed E-state index contributed by atoms with van der Waals surface area (Å²) in [6.45, 7) is 0. The molecule has 1 N–H and O–H groups in total. The van der Waals surface area contributed by atoms with E-state index in [1.807, 2.05) is 12.4 Å². The predicted molar refractivity (Wildman–Crippen MR) is 66.3 cm³/mol. The molecular weight excluding hydrogens is 264 g/mol. The Labute approximate surface area is 104 Å². The van der Waals surface area contributed by atoms with E-state index in [9.17, 15) is 0 Å². The van der Waals surface area contributed by atoms with Crippen molar-refractivity contribution in [2.24, 2.45) is 29.6 Å². The van der Waals surface area contributed by atoms with Gasteiger partial charge in [0, 0.05) is 23.6 Å². The molecule has 3 aliphatic rings. The third-order valence-electron chi connectivity index (χ3n) is 5.16. The van der Waals surface area contributed by atoms with Crippen LogP contribution in [0.2, 0.25) is 0 Å². The Hall–Kier alpha value is -0.310. The molecule has 2 nitrogen and oxygen atoms in total. The second-order valence-corrected chi connectivity index (χ2v) is 7.00. The molecule has 3 saturated carbocycles. The third kappa shape index (κ3) is 1.27. The van der Waals surface area contributed by atoms with Crippen LogP contribution in [0.5, 0.6) is 0 Å². The van der Waals surface area contributed by atoms with Crippen molar-refractivity contribution in [1.82, 2.24) is 9.97 Å². The molecule has 5 atom stereocenters. The van der Waals surface area contributed by atoms with Crippen LogP contribution in [0.1, 0.15) is 25.1 Å². The van der Waals surface area contributed by atoms with E-state index in [4.69, 9.17) is 0 Å². The fourth-order valence-electron chi connectivity index (χ4n) is 4.61. The number of nitrogens with zero attached hydrogens (tertiary/aromatic N) is 1. The van der Waals surface area contributed by atoms with Crippen LogP contribution in [0, 0.1) is 29.6 Å². The number of hydrogen-bond donors (Lipinski definition) is 1. The topological polar surface area (TPSA) is 28.7 Å². The predicted octanol–water partition coefficient (Wildman–Crippen LogP) is 3.01. The van der Waals surface area contributed by atoms with Crippen LogP contribution in [-0.2, 0) is 6.42 Å². The molecule has 0 aliphatic heterocycles. The summed E-state index contributed by atoms with van der Waals surface area (Å²) in [4.78, 5) is 8.19. The van der Waals surface area contributed by atoms with Crippen LogP contribution >= 0.6 is 15.9 Å². The molecule has 3 heteroatoms. The first-order valence-corrected chi connectivity index (χ1v) is 7.38. The van der Waals surface area contributed by atoms with Gasteiger partial charge in [-0.15, -0.1) is 0 Å². The Bertz CT molecular complexity index is 373. The highest BCUT2D eigenvalue weighted by molar-refractivity contribution is 9.09. The lowest BCUT2D eigenvalue weighted by Crippen LogP contribution is -2.13. The number of hydrogen-bond acceptors (Lipinski definition) is 1. The van der Waals surface area contributed by atoms with E-state index in [-0.39, 0.29) is 0 Å². The monoisotopic (exact) mass is 280 g/mol. The molecule has 0 spiro atoms. The van der Waals surface area contributed by atoms with Crippen molar-refractivity contribution in [3.8, 4) is 0 Å². The van der Waals surface area contributed by atoms with E-state index >= 15 is 0 Å². The van der Waals surface area contributed by atoms with E-state index in [1.165, 1.54) is 12.8 Å². The van der Waals surface area contributed by atoms with Crippen molar-refractivity contribution in [1.29, 1.82) is 0 Å². The van der Waals surface area contributed by atoms with Gasteiger partial charge in [-0.3, -0.25) is 0 Å². The summed E-state index contributed by atoms with van der Waals surface area (Å²) in [5, 5.41) is 0. The molecule has 1 heterocycles. The average molecular weight is 281 g/mol. The zero-order valence-electron chi connectivity index (χ0n) is 9.27. The molecular formula is C13H17BrN2. The standard InChI is InChI=1S/C13H17BrN2/c14-9(6-10-15-3-4-16-10)13-11-7-1-2-8(5-7)12(11)13/h3-4,7-9,11-13H,1-2,5-6H2,(H,15,16). The van der Waals surface area contributed by atoms with E-state index in [0.717, 1.165) is 41.8 Å². The first-order chi connectivity index (χ1) is 7.84. The lowest BCUT2D eigenvalue weighted by atomic mass is 9.99. The summed E-state index contributed by atoms with van der Waals surface area (Å²) >= 11 is 3.90. The number of rotatable bonds is 3. The first kappa shape index (κ1) is 9.69. The lowest BCUT2D eigenvalue weighted by molar-refractivity contribution is 0.453. The molecule has 16 heavy (non-hydrogen) atoms. The molecule has 2 bridgehead atoms. The number of nitrogens with one attached hydrogen (secondary N) is 1. The number of H-pyrrole nitrogens is 1. The van der Waals surface area contributed by atoms with Gasteiger partial charge in [-0.2, -0.15) is 0 Å². The van der Waals surface area contributed by atoms with Gasteiger partial charge in [0.15, 0.2) is 0 Å². The minimum absolute atomic E-state index is 0.650. The van der Waals surface area contributed by atoms with Gasteiger partial charge in [-0.05, 0) is 48.9 Å². The van der Waals surface area contributed by atoms with Gasteiger partial charge in [-0.25, -0.2) is 4.98 Å². The summed E-state index contributed by atoms with van der Waals surface area (Å²) in [5.41, 5.74) is 0. The van der Waals surface area contributed by atoms with E-state index in [1.54, 1.807) is 6.42 Å². The largest absolute Gasteiger partial charge is 0.349 e. The van der Waals surface area contributed by atoms with Crippen LogP contribution in [0.3, 0.4) is 0 Å². The minimum atomic E-state index is 0.650. The molecule has 3 fully saturated rings. The Balaban J connectivity index is 1.45. The minimum Gasteiger partial charge on any atom is -0.349 e. The van der Waals surface area contributed by atoms with E-state index < -0.39 is 0 Å². The van der Waals surface area contributed by atoms with Gasteiger partial charge in [0.05, 0.1) is 0 Å². The molecule has 1 aromatic rings. The SMILES string of the molecule is BrC(Cc1ncc[nH]1)C1C2C3CCC(C3)C12. The van der Waals surface area contributed by atoms with Crippen molar-refractivity contribution in [2.75, 3.05) is 0 Å². The number of alkyl halides is 1. The quantitative estimate of drug-likeness (QED) is 0.848. The number of aromatic amines is 1. The summed E-state index contributed by atoms with van der Waals surface area (Å²) in [5.74, 6) is 6.39. The van der Waals surface area contributed by atoms with E-state index in [0.29, 0.717) is 4.83 Å². The maximum Gasteiger partial charge on any atom is 0.107 e. The van der Waals surface area contributed by atoms with Crippen molar-refractivity contribution in [3.63, 3.8) is 0 Å². The molecule has 0 amide bonds. The second-order valence-electron chi connectivity index (χ2n) is 5.82. The normalized spacial score (nSPS) is 45.7. The van der Waals surface area contributed by atoms with Gasteiger partial charge < -0.3 is 4.98 Å². The highest BCUT2D eigenvalue weighted by Crippen LogP contribution is 2.71. The highest BCUT2D eigenvalue weighted by Gasteiger charge is 2.66. The van der Waals surface area contributed by atoms with Crippen LogP contribution in [0.4, 0.5) is 0 Å². The lowest BCUT2D eigenvalue weighted by Gasteiger charge is -2.13. The van der Waals surface area contributed by atoms with E-state index in [2.05, 4.69) is 25.9 Å². The van der Waals surface area contributed by atoms with Gasteiger partial charge in [-0.1, -0.05) is 15.9 Å². The van der Waals surface area contributed by atoms with Crippen LogP contribution in [0.25, 0.3) is 0 Å². The highest BCUT2D eigenvalue weighted by atomic mass is 79.9. The van der Waals surface area contributed by atoms with Gasteiger partial charge in [0.25, 0.3) is 0 Å². The maximum atomic E-state index is 4.33. The van der Waals surface area contributed by atoms with Gasteiger partial charge >= 0.3 is 0 Å². The first-order valence-electron chi connectivity index (χ1n) is 6.47. The summed E-state index contributed by atoms with van der Waals surface area (Å²) in [6, 6.07) is 0. The fraction of sp³-hybridized carbons (Fsp3) is 0.769. The number of fused-ring (bicyclic) bond motifs is 5. The fourth-order valence-corrected chi connectivity index (χ4v) is 5.62. The molecule has 0 saturated heterocycles. The molecule has 86 valence electrons. The van der Waals surface area contributed by atoms with Crippen molar-refractivity contribution < 1.29 is 0 Å². The van der Waals surface area contributed by atoms with Crippen LogP contribution < -0.4 is 0 Å². The molecule has 3 aliphatic carbocycles. The van der Waals surface area contributed by atoms with Gasteiger partial charge in [0.2, 0.25) is 0 Å². The third-order valence-corrected chi connectivity index (χ3v) is 6.09. The Morgan fingerprint density at radius 1 is 1.38 bits per heavy atom. The second kappa shape index (κ2) is 3.34. The zero-order chi connectivity index (χ0) is 10.7. The molecule has 1 aromatic heterocycles. The number of halogens is 1. The summed E-state index contributed by atoms with van der Waals surface area (Å²) < 4.78 is 0. The smallest absolute Gasteiger partial charge is 0.107 e. The van der Waals surface area contributed by atoms with Crippen molar-refractivity contribution >= 4 is 15.9 Å². The van der Waals surface area contributed by atoms with Crippen LogP contribution in [0.15, 0.2) is 12.4 Å². The molecule has 0 aromatic carbocycles. The van der Waals surface area contributed by atoms with Crippen LogP contribution in [-0.4, -0.2) is 14.8 Å². The molecule has 5 unspecified atom stereocenters. The number of imidazole rings is 1. The Morgan fingerprint density at radius 2 is 2.12 bits per heavy atom. The zero-order valence-corrected chi connectivity index (χ0v) is 10.9. The van der Waals surface area contributed by atoms with Crippen molar-refractivity contribution in [3.05, 3.63) is 18.2 Å². The average Bonchev–Trinajstić information content (AvgIpc) is 2.73. The molecule has 0 radical (unpaired) electrons. The summed E-state index contributed by atoms with van der Waals surface area (Å²) in [7, 11) is 0. The molecule has 4 rings (SSSR count). The van der Waals surface area contributed by atoms with Gasteiger partial charge in [0.1, 0.15) is 5.82 Å². The number of aromatic nitrogens is 2.